The summed E-state index contributed by atoms with van der Waals surface area (Å²) in [5, 5.41) is 0. The molecule has 0 spiro atoms. The highest BCUT2D eigenvalue weighted by atomic mass is 16.5. The number of hydrogen-bond donors (Lipinski definition) is 1. The molecule has 1 aliphatic rings. The van der Waals surface area contributed by atoms with E-state index >= 15 is 0 Å². The molecule has 1 fully saturated rings. The first kappa shape index (κ1) is 14.2. The molecule has 0 aromatic heterocycles. The summed E-state index contributed by atoms with van der Waals surface area (Å²) >= 11 is 0. The fourth-order valence-corrected chi connectivity index (χ4v) is 2.54. The van der Waals surface area contributed by atoms with E-state index in [-0.39, 0.29) is 0 Å². The standard InChI is InChI=1S/C16H26N2O/c1-3-15(4-2)19-16-7-5-14(6-8-16)18-11-9-13(17)10-12-18/h5-8,13,15H,3-4,9-12,17H2,1-2H3. The Balaban J connectivity index is 1.94. The average molecular weight is 262 g/mol. The highest BCUT2D eigenvalue weighted by Crippen LogP contribution is 2.23. The minimum Gasteiger partial charge on any atom is -0.490 e. The number of anilines is 1. The van der Waals surface area contributed by atoms with Crippen LogP contribution in [0.2, 0.25) is 0 Å². The number of ether oxygens (including phenoxy) is 1. The van der Waals surface area contributed by atoms with Gasteiger partial charge in [0.15, 0.2) is 0 Å². The molecule has 0 amide bonds. The van der Waals surface area contributed by atoms with Crippen molar-refractivity contribution < 1.29 is 4.74 Å². The Bertz CT molecular complexity index is 365. The lowest BCUT2D eigenvalue weighted by Gasteiger charge is -2.32. The van der Waals surface area contributed by atoms with Crippen molar-refractivity contribution >= 4 is 5.69 Å². The van der Waals surface area contributed by atoms with Crippen LogP contribution in [0.1, 0.15) is 39.5 Å². The molecule has 1 saturated heterocycles. The molecule has 3 heteroatoms. The second-order valence-electron chi connectivity index (χ2n) is 5.37. The highest BCUT2D eigenvalue weighted by molar-refractivity contribution is 5.49. The molecule has 1 aromatic carbocycles. The van der Waals surface area contributed by atoms with Gasteiger partial charge in [-0.3, -0.25) is 0 Å². The zero-order valence-electron chi connectivity index (χ0n) is 12.1. The summed E-state index contributed by atoms with van der Waals surface area (Å²) < 4.78 is 5.93. The Hall–Kier alpha value is -1.22. The molecule has 2 rings (SSSR count). The van der Waals surface area contributed by atoms with E-state index in [4.69, 9.17) is 10.5 Å². The fraction of sp³-hybridized carbons (Fsp3) is 0.625. The second kappa shape index (κ2) is 6.80. The largest absolute Gasteiger partial charge is 0.490 e. The van der Waals surface area contributed by atoms with Crippen molar-refractivity contribution in [1.29, 1.82) is 0 Å². The van der Waals surface area contributed by atoms with E-state index in [1.807, 2.05) is 0 Å². The Morgan fingerprint density at radius 3 is 2.26 bits per heavy atom. The van der Waals surface area contributed by atoms with Gasteiger partial charge in [-0.05, 0) is 49.9 Å². The summed E-state index contributed by atoms with van der Waals surface area (Å²) in [6.07, 6.45) is 4.63. The van der Waals surface area contributed by atoms with E-state index in [9.17, 15) is 0 Å². The van der Waals surface area contributed by atoms with Crippen molar-refractivity contribution in [2.75, 3.05) is 18.0 Å². The fourth-order valence-electron chi connectivity index (χ4n) is 2.54. The lowest BCUT2D eigenvalue weighted by Crippen LogP contribution is -2.39. The lowest BCUT2D eigenvalue weighted by molar-refractivity contribution is 0.193. The van der Waals surface area contributed by atoms with Crippen molar-refractivity contribution in [3.63, 3.8) is 0 Å². The molecule has 1 aromatic rings. The van der Waals surface area contributed by atoms with Crippen molar-refractivity contribution in [3.8, 4) is 5.75 Å². The summed E-state index contributed by atoms with van der Waals surface area (Å²) in [6.45, 7) is 6.46. The maximum absolute atomic E-state index is 5.94. The van der Waals surface area contributed by atoms with E-state index in [1.165, 1.54) is 5.69 Å². The minimum atomic E-state index is 0.332. The summed E-state index contributed by atoms with van der Waals surface area (Å²) in [5.74, 6) is 0.978. The normalized spacial score (nSPS) is 16.9. The van der Waals surface area contributed by atoms with Gasteiger partial charge >= 0.3 is 0 Å². The van der Waals surface area contributed by atoms with E-state index < -0.39 is 0 Å². The average Bonchev–Trinajstić information content (AvgIpc) is 2.46. The van der Waals surface area contributed by atoms with Gasteiger partial charge in [0, 0.05) is 24.8 Å². The smallest absolute Gasteiger partial charge is 0.119 e. The molecule has 1 heterocycles. The molecular weight excluding hydrogens is 236 g/mol. The molecule has 0 unspecified atom stereocenters. The predicted molar refractivity (Wildman–Crippen MR) is 80.9 cm³/mol. The Morgan fingerprint density at radius 1 is 1.16 bits per heavy atom. The summed E-state index contributed by atoms with van der Waals surface area (Å²) in [6, 6.07) is 8.88. The third kappa shape index (κ3) is 3.87. The zero-order chi connectivity index (χ0) is 13.7. The number of piperidine rings is 1. The van der Waals surface area contributed by atoms with Crippen LogP contribution in [-0.2, 0) is 0 Å². The third-order valence-electron chi connectivity index (χ3n) is 3.95. The van der Waals surface area contributed by atoms with E-state index in [0.29, 0.717) is 12.1 Å². The third-order valence-corrected chi connectivity index (χ3v) is 3.95. The van der Waals surface area contributed by atoms with Crippen molar-refractivity contribution in [3.05, 3.63) is 24.3 Å². The van der Waals surface area contributed by atoms with Gasteiger partial charge in [0.2, 0.25) is 0 Å². The van der Waals surface area contributed by atoms with Crippen LogP contribution < -0.4 is 15.4 Å². The van der Waals surface area contributed by atoms with Gasteiger partial charge in [-0.1, -0.05) is 13.8 Å². The van der Waals surface area contributed by atoms with Crippen LogP contribution in [0.4, 0.5) is 5.69 Å². The molecule has 1 aliphatic heterocycles. The second-order valence-corrected chi connectivity index (χ2v) is 5.37. The number of nitrogens with zero attached hydrogens (tertiary/aromatic N) is 1. The minimum absolute atomic E-state index is 0.332. The van der Waals surface area contributed by atoms with Crippen LogP contribution in [0.25, 0.3) is 0 Å². The molecular formula is C16H26N2O. The SMILES string of the molecule is CCC(CC)Oc1ccc(N2CCC(N)CC2)cc1. The molecule has 0 radical (unpaired) electrons. The zero-order valence-corrected chi connectivity index (χ0v) is 12.1. The van der Waals surface area contributed by atoms with E-state index in [2.05, 4.69) is 43.0 Å². The summed E-state index contributed by atoms with van der Waals surface area (Å²) in [5.41, 5.74) is 7.22. The van der Waals surface area contributed by atoms with E-state index in [0.717, 1.165) is 44.5 Å². The summed E-state index contributed by atoms with van der Waals surface area (Å²) in [7, 11) is 0. The van der Waals surface area contributed by atoms with Crippen molar-refractivity contribution in [2.24, 2.45) is 5.73 Å². The van der Waals surface area contributed by atoms with Gasteiger partial charge < -0.3 is 15.4 Å². The molecule has 2 N–H and O–H groups in total. The number of nitrogens with two attached hydrogens (primary N) is 1. The maximum atomic E-state index is 5.94. The highest BCUT2D eigenvalue weighted by Gasteiger charge is 2.16. The summed E-state index contributed by atoms with van der Waals surface area (Å²) in [4.78, 5) is 2.41. The van der Waals surface area contributed by atoms with Crippen molar-refractivity contribution in [1.82, 2.24) is 0 Å². The van der Waals surface area contributed by atoms with Gasteiger partial charge in [0.1, 0.15) is 5.75 Å². The van der Waals surface area contributed by atoms with Gasteiger partial charge in [-0.2, -0.15) is 0 Å². The van der Waals surface area contributed by atoms with Crippen LogP contribution in [0.5, 0.6) is 5.75 Å². The molecule has 0 saturated carbocycles. The number of benzene rings is 1. The van der Waals surface area contributed by atoms with Gasteiger partial charge in [-0.25, -0.2) is 0 Å². The van der Waals surface area contributed by atoms with Crippen molar-refractivity contribution in [2.45, 2.75) is 51.7 Å². The molecule has 0 atom stereocenters. The molecule has 3 nitrogen and oxygen atoms in total. The van der Waals surface area contributed by atoms with Gasteiger partial charge in [0.05, 0.1) is 6.10 Å². The number of rotatable bonds is 5. The molecule has 0 aliphatic carbocycles. The maximum Gasteiger partial charge on any atom is 0.119 e. The van der Waals surface area contributed by atoms with Crippen LogP contribution in [0.15, 0.2) is 24.3 Å². The molecule has 106 valence electrons. The topological polar surface area (TPSA) is 38.5 Å². The lowest BCUT2D eigenvalue weighted by atomic mass is 10.1. The number of hydrogen-bond acceptors (Lipinski definition) is 3. The van der Waals surface area contributed by atoms with Crippen LogP contribution in [-0.4, -0.2) is 25.2 Å². The van der Waals surface area contributed by atoms with Crippen LogP contribution >= 0.6 is 0 Å². The monoisotopic (exact) mass is 262 g/mol. The van der Waals surface area contributed by atoms with E-state index in [1.54, 1.807) is 0 Å². The molecule has 19 heavy (non-hydrogen) atoms. The first-order chi connectivity index (χ1) is 9.22. The first-order valence-corrected chi connectivity index (χ1v) is 7.50. The predicted octanol–water partition coefficient (Wildman–Crippen LogP) is 3.18. The Kier molecular flexibility index (Phi) is 5.08. The van der Waals surface area contributed by atoms with Gasteiger partial charge in [0.25, 0.3) is 0 Å². The van der Waals surface area contributed by atoms with Gasteiger partial charge in [-0.15, -0.1) is 0 Å². The quantitative estimate of drug-likeness (QED) is 0.885. The Labute approximate surface area is 116 Å². The molecule has 0 bridgehead atoms. The van der Waals surface area contributed by atoms with Crippen LogP contribution in [0.3, 0.4) is 0 Å². The first-order valence-electron chi connectivity index (χ1n) is 7.50. The Morgan fingerprint density at radius 2 is 1.74 bits per heavy atom. The van der Waals surface area contributed by atoms with Crippen LogP contribution in [0, 0.1) is 0 Å².